The molecule has 0 aromatic heterocycles. The number of nitrogens with two attached hydrogens (primary N) is 1. The lowest BCUT2D eigenvalue weighted by atomic mass is 10.2. The summed E-state index contributed by atoms with van der Waals surface area (Å²) in [6, 6.07) is 7.58. The summed E-state index contributed by atoms with van der Waals surface area (Å²) in [6.07, 6.45) is 0.288. The summed E-state index contributed by atoms with van der Waals surface area (Å²) >= 11 is 0. The molecule has 1 rings (SSSR count). The molecule has 19 heavy (non-hydrogen) atoms. The van der Waals surface area contributed by atoms with Crippen LogP contribution in [0.3, 0.4) is 0 Å². The Morgan fingerprint density at radius 1 is 1.37 bits per heavy atom. The van der Waals surface area contributed by atoms with Crippen LogP contribution in [-0.2, 0) is 20.3 Å². The first-order chi connectivity index (χ1) is 8.96. The fourth-order valence-electron chi connectivity index (χ4n) is 1.94. The maximum absolute atomic E-state index is 12.0. The Hall–Kier alpha value is -0.910. The van der Waals surface area contributed by atoms with Gasteiger partial charge in [0.1, 0.15) is 0 Å². The van der Waals surface area contributed by atoms with Crippen LogP contribution in [0.2, 0.25) is 0 Å². The Morgan fingerprint density at radius 3 is 2.68 bits per heavy atom. The summed E-state index contributed by atoms with van der Waals surface area (Å²) in [5.41, 5.74) is 7.45. The topological polar surface area (TPSA) is 69.4 Å². The first-order valence-electron chi connectivity index (χ1n) is 6.54. The van der Waals surface area contributed by atoms with E-state index >= 15 is 0 Å². The zero-order chi connectivity index (χ0) is 14.3. The largest absolute Gasteiger partial charge is 0.377 e. The molecule has 0 saturated carbocycles. The number of rotatable bonds is 8. The summed E-state index contributed by atoms with van der Waals surface area (Å²) in [6.45, 7) is 4.74. The van der Waals surface area contributed by atoms with E-state index in [0.717, 1.165) is 11.1 Å². The molecule has 0 aliphatic carbocycles. The van der Waals surface area contributed by atoms with Crippen LogP contribution in [0, 0.1) is 6.92 Å². The molecule has 0 fully saturated rings. The molecule has 1 aromatic carbocycles. The van der Waals surface area contributed by atoms with E-state index in [-0.39, 0.29) is 17.6 Å². The maximum atomic E-state index is 12.0. The summed E-state index contributed by atoms with van der Waals surface area (Å²) in [4.78, 5) is 0. The first kappa shape index (κ1) is 16.1. The van der Waals surface area contributed by atoms with Gasteiger partial charge in [0.05, 0.1) is 17.6 Å². The molecule has 108 valence electrons. The van der Waals surface area contributed by atoms with Gasteiger partial charge in [0.25, 0.3) is 0 Å². The number of aryl methyl sites for hydroxylation is 1. The van der Waals surface area contributed by atoms with Crippen LogP contribution < -0.4 is 5.73 Å². The Balaban J connectivity index is 2.57. The van der Waals surface area contributed by atoms with Gasteiger partial charge >= 0.3 is 0 Å². The molecule has 0 spiro atoms. The molecule has 2 N–H and O–H groups in total. The third kappa shape index (κ3) is 6.18. The van der Waals surface area contributed by atoms with Crippen molar-refractivity contribution in [3.05, 3.63) is 35.4 Å². The zero-order valence-electron chi connectivity index (χ0n) is 11.6. The molecular weight excluding hydrogens is 262 g/mol. The fraction of sp³-hybridized carbons (Fsp3) is 0.571. The Bertz CT molecular complexity index is 485. The standard InChI is InChI=1S/C14H23NO3S/c1-3-18-14(10-15)7-8-19(16,17)11-13-6-4-5-12(2)9-13/h4-6,9,14H,3,7-8,10-11,15H2,1-2H3. The van der Waals surface area contributed by atoms with E-state index in [2.05, 4.69) is 0 Å². The minimum absolute atomic E-state index is 0.0814. The van der Waals surface area contributed by atoms with E-state index < -0.39 is 9.84 Å². The van der Waals surface area contributed by atoms with E-state index in [1.165, 1.54) is 0 Å². The Morgan fingerprint density at radius 2 is 2.11 bits per heavy atom. The van der Waals surface area contributed by atoms with E-state index in [9.17, 15) is 8.42 Å². The van der Waals surface area contributed by atoms with Gasteiger partial charge in [-0.05, 0) is 25.8 Å². The average molecular weight is 285 g/mol. The number of ether oxygens (including phenoxy) is 1. The lowest BCUT2D eigenvalue weighted by Crippen LogP contribution is -2.26. The van der Waals surface area contributed by atoms with Crippen LogP contribution >= 0.6 is 0 Å². The zero-order valence-corrected chi connectivity index (χ0v) is 12.4. The van der Waals surface area contributed by atoms with Crippen molar-refractivity contribution in [2.45, 2.75) is 32.1 Å². The molecule has 0 amide bonds. The second kappa shape index (κ2) is 7.62. The third-order valence-corrected chi connectivity index (χ3v) is 4.52. The Kier molecular flexibility index (Phi) is 6.48. The van der Waals surface area contributed by atoms with Crippen LogP contribution in [0.5, 0.6) is 0 Å². The van der Waals surface area contributed by atoms with Gasteiger partial charge in [-0.1, -0.05) is 29.8 Å². The van der Waals surface area contributed by atoms with E-state index in [1.807, 2.05) is 38.1 Å². The highest BCUT2D eigenvalue weighted by atomic mass is 32.2. The first-order valence-corrected chi connectivity index (χ1v) is 8.36. The van der Waals surface area contributed by atoms with Crippen molar-refractivity contribution < 1.29 is 13.2 Å². The van der Waals surface area contributed by atoms with E-state index in [1.54, 1.807) is 0 Å². The highest BCUT2D eigenvalue weighted by Crippen LogP contribution is 2.11. The van der Waals surface area contributed by atoms with Crippen molar-refractivity contribution in [3.8, 4) is 0 Å². The van der Waals surface area contributed by atoms with Crippen molar-refractivity contribution >= 4 is 9.84 Å². The maximum Gasteiger partial charge on any atom is 0.154 e. The normalized spacial score (nSPS) is 13.4. The molecule has 0 bridgehead atoms. The van der Waals surface area contributed by atoms with Gasteiger partial charge in [-0.3, -0.25) is 0 Å². The molecule has 0 heterocycles. The van der Waals surface area contributed by atoms with Gasteiger partial charge in [0.15, 0.2) is 9.84 Å². The van der Waals surface area contributed by atoms with Crippen LogP contribution in [0.4, 0.5) is 0 Å². The molecule has 0 aliphatic rings. The number of sulfone groups is 1. The van der Waals surface area contributed by atoms with Gasteiger partial charge in [0, 0.05) is 13.2 Å². The molecule has 0 saturated heterocycles. The minimum Gasteiger partial charge on any atom is -0.377 e. The quantitative estimate of drug-likeness (QED) is 0.788. The van der Waals surface area contributed by atoms with Crippen LogP contribution in [0.1, 0.15) is 24.5 Å². The molecule has 1 atom stereocenters. The van der Waals surface area contributed by atoms with Gasteiger partial charge in [-0.2, -0.15) is 0 Å². The average Bonchev–Trinajstić information content (AvgIpc) is 2.34. The Labute approximate surface area is 115 Å². The minimum atomic E-state index is -3.11. The highest BCUT2D eigenvalue weighted by molar-refractivity contribution is 7.90. The monoisotopic (exact) mass is 285 g/mol. The van der Waals surface area contributed by atoms with Gasteiger partial charge < -0.3 is 10.5 Å². The van der Waals surface area contributed by atoms with E-state index in [0.29, 0.717) is 19.6 Å². The lowest BCUT2D eigenvalue weighted by Gasteiger charge is -2.14. The van der Waals surface area contributed by atoms with Crippen LogP contribution in [-0.4, -0.2) is 33.4 Å². The summed E-state index contributed by atoms with van der Waals surface area (Å²) in [5.74, 6) is 0.195. The second-order valence-corrected chi connectivity index (χ2v) is 6.87. The predicted octanol–water partition coefficient (Wildman–Crippen LogP) is 1.66. The fourth-order valence-corrected chi connectivity index (χ4v) is 3.40. The van der Waals surface area contributed by atoms with Gasteiger partial charge in [0.2, 0.25) is 0 Å². The highest BCUT2D eigenvalue weighted by Gasteiger charge is 2.15. The molecule has 1 aromatic rings. The molecule has 0 aliphatic heterocycles. The predicted molar refractivity (Wildman–Crippen MR) is 77.8 cm³/mol. The number of hydrogen-bond donors (Lipinski definition) is 1. The third-order valence-electron chi connectivity index (χ3n) is 2.89. The van der Waals surface area contributed by atoms with Gasteiger partial charge in [-0.25, -0.2) is 8.42 Å². The van der Waals surface area contributed by atoms with Crippen molar-refractivity contribution in [1.29, 1.82) is 0 Å². The molecule has 5 heteroatoms. The van der Waals surface area contributed by atoms with Crippen molar-refractivity contribution in [1.82, 2.24) is 0 Å². The van der Waals surface area contributed by atoms with Crippen LogP contribution in [0.15, 0.2) is 24.3 Å². The van der Waals surface area contributed by atoms with Gasteiger partial charge in [-0.15, -0.1) is 0 Å². The summed E-state index contributed by atoms with van der Waals surface area (Å²) in [7, 11) is -3.11. The van der Waals surface area contributed by atoms with Crippen LogP contribution in [0.25, 0.3) is 0 Å². The SMILES string of the molecule is CCOC(CN)CCS(=O)(=O)Cc1cccc(C)c1. The molecule has 0 radical (unpaired) electrons. The molecule has 1 unspecified atom stereocenters. The lowest BCUT2D eigenvalue weighted by molar-refractivity contribution is 0.0671. The molecular formula is C14H23NO3S. The summed E-state index contributed by atoms with van der Waals surface area (Å²) in [5, 5.41) is 0. The molecule has 4 nitrogen and oxygen atoms in total. The smallest absolute Gasteiger partial charge is 0.154 e. The van der Waals surface area contributed by atoms with Crippen molar-refractivity contribution in [2.75, 3.05) is 18.9 Å². The number of benzene rings is 1. The van der Waals surface area contributed by atoms with Crippen molar-refractivity contribution in [3.63, 3.8) is 0 Å². The van der Waals surface area contributed by atoms with Crippen molar-refractivity contribution in [2.24, 2.45) is 5.73 Å². The number of hydrogen-bond acceptors (Lipinski definition) is 4. The van der Waals surface area contributed by atoms with E-state index in [4.69, 9.17) is 10.5 Å². The summed E-state index contributed by atoms with van der Waals surface area (Å²) < 4.78 is 29.4. The second-order valence-electron chi connectivity index (χ2n) is 4.68.